The number of nitrogens with zero attached hydrogens (tertiary/aromatic N) is 2. The average molecular weight is 412 g/mol. The first-order valence-electron chi connectivity index (χ1n) is 9.48. The zero-order valence-electron chi connectivity index (χ0n) is 16.0. The molecular weight excluding hydrogens is 391 g/mol. The molecule has 0 unspecified atom stereocenters. The van der Waals surface area contributed by atoms with Gasteiger partial charge in [-0.2, -0.15) is 0 Å². The molecule has 1 saturated heterocycles. The molecule has 4 N–H and O–H groups in total. The van der Waals surface area contributed by atoms with E-state index < -0.39 is 30.7 Å². The number of alkyl halides is 1. The van der Waals surface area contributed by atoms with Crippen molar-refractivity contribution in [1.29, 1.82) is 0 Å². The van der Waals surface area contributed by atoms with E-state index in [9.17, 15) is 19.1 Å². The number of aliphatic hydroxyl groups is 1. The fourth-order valence-electron chi connectivity index (χ4n) is 3.51. The van der Waals surface area contributed by atoms with E-state index in [0.717, 1.165) is 11.1 Å². The van der Waals surface area contributed by atoms with Gasteiger partial charge in [-0.15, -0.1) is 0 Å². The summed E-state index contributed by atoms with van der Waals surface area (Å²) in [5.41, 5.74) is 8.97. The summed E-state index contributed by atoms with van der Waals surface area (Å²) >= 11 is 0. The van der Waals surface area contributed by atoms with E-state index in [4.69, 9.17) is 10.5 Å². The van der Waals surface area contributed by atoms with Gasteiger partial charge in [0.1, 0.15) is 12.5 Å². The van der Waals surface area contributed by atoms with Crippen LogP contribution in [0.15, 0.2) is 47.5 Å². The standard InChI is InChI=1S/C21H21FN4O4/c22-10-12-1-4-15(5-2-12)26-7-8-30-18(21(26)29)17(27)20(28)25-14-3-6-16-13(9-14)11-24-19(16)23/h1-6,9,17-18,27H,7-8,10-11H2,(H2,23,24)(H,25,28)/t17-,18-/m1/s1. The average Bonchev–Trinajstić information content (AvgIpc) is 3.13. The first-order valence-corrected chi connectivity index (χ1v) is 9.48. The molecule has 0 radical (unpaired) electrons. The van der Waals surface area contributed by atoms with Crippen LogP contribution in [0.1, 0.15) is 16.7 Å². The van der Waals surface area contributed by atoms with Crippen LogP contribution < -0.4 is 16.0 Å². The molecule has 0 bridgehead atoms. The van der Waals surface area contributed by atoms with Gasteiger partial charge in [-0.25, -0.2) is 4.39 Å². The van der Waals surface area contributed by atoms with E-state index in [1.54, 1.807) is 42.5 Å². The van der Waals surface area contributed by atoms with Crippen molar-refractivity contribution in [3.8, 4) is 0 Å². The van der Waals surface area contributed by atoms with Gasteiger partial charge in [0, 0.05) is 23.5 Å². The molecule has 0 aliphatic carbocycles. The lowest BCUT2D eigenvalue weighted by molar-refractivity contribution is -0.150. The zero-order valence-corrected chi connectivity index (χ0v) is 16.0. The Hall–Kier alpha value is -3.30. The largest absolute Gasteiger partial charge is 0.383 e. The minimum atomic E-state index is -1.69. The molecule has 2 aromatic carbocycles. The van der Waals surface area contributed by atoms with Gasteiger partial charge in [0.15, 0.2) is 12.2 Å². The number of carbonyl (C=O) groups excluding carboxylic acids is 2. The Balaban J connectivity index is 1.44. The number of amidine groups is 1. The van der Waals surface area contributed by atoms with Crippen LogP contribution in [0.25, 0.3) is 0 Å². The molecule has 8 nitrogen and oxygen atoms in total. The molecule has 0 spiro atoms. The number of nitrogens with one attached hydrogen (secondary N) is 1. The molecule has 2 aromatic rings. The van der Waals surface area contributed by atoms with Crippen molar-refractivity contribution in [3.05, 3.63) is 59.2 Å². The van der Waals surface area contributed by atoms with Crippen LogP contribution in [0, 0.1) is 0 Å². The first-order chi connectivity index (χ1) is 14.5. The number of nitrogens with two attached hydrogens (primary N) is 1. The minimum absolute atomic E-state index is 0.154. The molecule has 1 fully saturated rings. The number of rotatable bonds is 5. The van der Waals surface area contributed by atoms with E-state index in [1.165, 1.54) is 4.90 Å². The van der Waals surface area contributed by atoms with Gasteiger partial charge in [-0.1, -0.05) is 12.1 Å². The van der Waals surface area contributed by atoms with Gasteiger partial charge in [0.05, 0.1) is 13.2 Å². The highest BCUT2D eigenvalue weighted by molar-refractivity contribution is 6.04. The van der Waals surface area contributed by atoms with Gasteiger partial charge >= 0.3 is 0 Å². The smallest absolute Gasteiger partial charge is 0.259 e. The Bertz CT molecular complexity index is 1010. The SMILES string of the molecule is NC1=NCc2cc(NC(=O)[C@H](O)[C@H]3OCCN(c4ccc(CF)cc4)C3=O)ccc21. The number of hydrogen-bond acceptors (Lipinski definition) is 6. The highest BCUT2D eigenvalue weighted by Gasteiger charge is 2.39. The Morgan fingerprint density at radius 1 is 1.33 bits per heavy atom. The second-order valence-electron chi connectivity index (χ2n) is 7.09. The fourth-order valence-corrected chi connectivity index (χ4v) is 3.51. The highest BCUT2D eigenvalue weighted by atomic mass is 19.1. The van der Waals surface area contributed by atoms with Crippen molar-refractivity contribution in [3.63, 3.8) is 0 Å². The Labute approximate surface area is 172 Å². The molecule has 0 saturated carbocycles. The summed E-state index contributed by atoms with van der Waals surface area (Å²) in [6, 6.07) is 11.5. The second kappa shape index (κ2) is 8.21. The van der Waals surface area contributed by atoms with E-state index in [1.807, 2.05) is 0 Å². The topological polar surface area (TPSA) is 117 Å². The number of hydrogen-bond donors (Lipinski definition) is 3. The van der Waals surface area contributed by atoms with Gasteiger partial charge in [-0.3, -0.25) is 14.6 Å². The maximum Gasteiger partial charge on any atom is 0.259 e. The predicted octanol–water partition coefficient (Wildman–Crippen LogP) is 1.11. The Kier molecular flexibility index (Phi) is 5.47. The van der Waals surface area contributed by atoms with Crippen molar-refractivity contribution >= 4 is 29.0 Å². The van der Waals surface area contributed by atoms with Gasteiger partial charge in [-0.05, 0) is 41.5 Å². The molecule has 30 heavy (non-hydrogen) atoms. The van der Waals surface area contributed by atoms with Crippen molar-refractivity contribution < 1.29 is 23.8 Å². The molecule has 2 heterocycles. The molecule has 0 aromatic heterocycles. The third-order valence-electron chi connectivity index (χ3n) is 5.15. The highest BCUT2D eigenvalue weighted by Crippen LogP contribution is 2.24. The molecule has 2 amide bonds. The van der Waals surface area contributed by atoms with E-state index in [2.05, 4.69) is 10.3 Å². The number of carbonyl (C=O) groups is 2. The number of ether oxygens (including phenoxy) is 1. The van der Waals surface area contributed by atoms with Crippen molar-refractivity contribution in [2.45, 2.75) is 25.4 Å². The van der Waals surface area contributed by atoms with E-state index >= 15 is 0 Å². The summed E-state index contributed by atoms with van der Waals surface area (Å²) in [4.78, 5) is 30.9. The lowest BCUT2D eigenvalue weighted by atomic mass is 10.1. The molecule has 156 valence electrons. The first kappa shape index (κ1) is 20.0. The summed E-state index contributed by atoms with van der Waals surface area (Å²) in [5.74, 6) is -0.842. The molecule has 2 atom stereocenters. The third kappa shape index (κ3) is 3.77. The number of aliphatic hydroxyl groups excluding tert-OH is 1. The van der Waals surface area contributed by atoms with Crippen LogP contribution >= 0.6 is 0 Å². The number of fused-ring (bicyclic) bond motifs is 1. The van der Waals surface area contributed by atoms with Crippen molar-refractivity contribution in [2.75, 3.05) is 23.4 Å². The minimum Gasteiger partial charge on any atom is -0.383 e. The summed E-state index contributed by atoms with van der Waals surface area (Å²) < 4.78 is 18.1. The van der Waals surface area contributed by atoms with Crippen LogP contribution in [0.2, 0.25) is 0 Å². The lowest BCUT2D eigenvalue weighted by Gasteiger charge is -2.34. The number of amides is 2. The summed E-state index contributed by atoms with van der Waals surface area (Å²) in [5, 5.41) is 13.1. The Morgan fingerprint density at radius 3 is 2.83 bits per heavy atom. The molecule has 9 heteroatoms. The summed E-state index contributed by atoms with van der Waals surface area (Å²) in [7, 11) is 0. The van der Waals surface area contributed by atoms with Gasteiger partial charge in [0.2, 0.25) is 0 Å². The third-order valence-corrected chi connectivity index (χ3v) is 5.15. The summed E-state index contributed by atoms with van der Waals surface area (Å²) in [6.45, 7) is 0.250. The van der Waals surface area contributed by atoms with Crippen molar-refractivity contribution in [1.82, 2.24) is 0 Å². The van der Waals surface area contributed by atoms with Gasteiger partial charge < -0.3 is 25.8 Å². The van der Waals surface area contributed by atoms with Crippen LogP contribution in [0.4, 0.5) is 15.8 Å². The Morgan fingerprint density at radius 2 is 2.10 bits per heavy atom. The quantitative estimate of drug-likeness (QED) is 0.680. The number of aliphatic imine (C=N–C) groups is 1. The molecule has 4 rings (SSSR count). The second-order valence-corrected chi connectivity index (χ2v) is 7.09. The van der Waals surface area contributed by atoms with Crippen LogP contribution in [0.5, 0.6) is 0 Å². The molecule has 2 aliphatic heterocycles. The van der Waals surface area contributed by atoms with E-state index in [-0.39, 0.29) is 13.2 Å². The lowest BCUT2D eigenvalue weighted by Crippen LogP contribution is -2.55. The van der Waals surface area contributed by atoms with Crippen LogP contribution in [0.3, 0.4) is 0 Å². The van der Waals surface area contributed by atoms with Crippen molar-refractivity contribution in [2.24, 2.45) is 10.7 Å². The molecule has 2 aliphatic rings. The van der Waals surface area contributed by atoms with E-state index in [0.29, 0.717) is 29.3 Å². The normalized spacial score (nSPS) is 19.3. The van der Waals surface area contributed by atoms with Gasteiger partial charge in [0.25, 0.3) is 11.8 Å². The number of anilines is 2. The van der Waals surface area contributed by atoms with Crippen LogP contribution in [-0.4, -0.2) is 48.1 Å². The molecular formula is C21H21FN4O4. The number of morpholine rings is 1. The summed E-state index contributed by atoms with van der Waals surface area (Å²) in [6.07, 6.45) is -3.03. The predicted molar refractivity (Wildman–Crippen MR) is 109 cm³/mol. The maximum atomic E-state index is 12.8. The number of halogens is 1. The monoisotopic (exact) mass is 412 g/mol. The zero-order chi connectivity index (χ0) is 21.3. The fraction of sp³-hybridized carbons (Fsp3) is 0.286. The van der Waals surface area contributed by atoms with Crippen LogP contribution in [-0.2, 0) is 27.5 Å². The number of benzene rings is 2. The maximum absolute atomic E-state index is 12.8.